The van der Waals surface area contributed by atoms with Gasteiger partial charge < -0.3 is 16.0 Å². The molecule has 0 fully saturated rings. The van der Waals surface area contributed by atoms with Crippen molar-refractivity contribution in [1.82, 2.24) is 20.1 Å². The van der Waals surface area contributed by atoms with E-state index in [4.69, 9.17) is 5.41 Å². The number of amides is 2. The molecule has 2 aromatic heterocycles. The van der Waals surface area contributed by atoms with E-state index in [1.165, 1.54) is 18.0 Å². The van der Waals surface area contributed by atoms with Gasteiger partial charge in [0.25, 0.3) is 5.91 Å². The number of carbonyl (C=O) groups is 2. The first-order valence-electron chi connectivity index (χ1n) is 9.04. The molecule has 4 rings (SSSR count). The highest BCUT2D eigenvalue weighted by atomic mass is 32.2. The van der Waals surface area contributed by atoms with Crippen molar-refractivity contribution in [3.05, 3.63) is 52.7 Å². The minimum atomic E-state index is -0.392. The monoisotopic (exact) mass is 409 g/mol. The summed E-state index contributed by atoms with van der Waals surface area (Å²) >= 11 is 1.37. The average Bonchev–Trinajstić information content (AvgIpc) is 3.31. The maximum Gasteiger partial charge on any atom is 0.260 e. The molecule has 0 unspecified atom stereocenters. The van der Waals surface area contributed by atoms with Crippen LogP contribution in [0, 0.1) is 5.41 Å². The van der Waals surface area contributed by atoms with Crippen molar-refractivity contribution in [2.75, 3.05) is 10.6 Å². The number of carbonyl (C=O) groups excluding carboxylic acids is 2. The van der Waals surface area contributed by atoms with E-state index >= 15 is 0 Å². The van der Waals surface area contributed by atoms with Crippen LogP contribution in [0.3, 0.4) is 0 Å². The zero-order chi connectivity index (χ0) is 20.5. The number of aryl methyl sites for hydroxylation is 1. The lowest BCUT2D eigenvalue weighted by Gasteiger charge is -2.21. The summed E-state index contributed by atoms with van der Waals surface area (Å²) in [5, 5.41) is 21.8. The number of nitrogens with one attached hydrogen (secondary N) is 4. The molecule has 0 bridgehead atoms. The Hall–Kier alpha value is -3.40. The Balaban J connectivity index is 1.58. The van der Waals surface area contributed by atoms with E-state index in [-0.39, 0.29) is 17.2 Å². The maximum atomic E-state index is 12.7. The van der Waals surface area contributed by atoms with Crippen molar-refractivity contribution in [3.8, 4) is 0 Å². The number of hydrogen-bond acceptors (Lipinski definition) is 7. The van der Waals surface area contributed by atoms with Gasteiger partial charge in [0.05, 0.1) is 40.1 Å². The maximum absolute atomic E-state index is 12.7. The first-order chi connectivity index (χ1) is 14.0. The predicted octanol–water partition coefficient (Wildman–Crippen LogP) is 2.42. The number of anilines is 2. The number of fused-ring (bicyclic) bond motifs is 1. The second-order valence-corrected chi connectivity index (χ2v) is 7.66. The summed E-state index contributed by atoms with van der Waals surface area (Å²) < 4.78 is 1.70. The van der Waals surface area contributed by atoms with Crippen LogP contribution in [0.4, 0.5) is 11.4 Å². The second kappa shape index (κ2) is 7.55. The van der Waals surface area contributed by atoms with Crippen LogP contribution < -0.4 is 16.0 Å². The molecule has 4 heterocycles. The molecule has 0 aliphatic carbocycles. The quantitative estimate of drug-likeness (QED) is 0.575. The molecule has 0 saturated carbocycles. The van der Waals surface area contributed by atoms with Crippen LogP contribution in [0.5, 0.6) is 0 Å². The lowest BCUT2D eigenvalue weighted by Crippen LogP contribution is -2.31. The lowest BCUT2D eigenvalue weighted by atomic mass is 10.0. The third-order valence-electron chi connectivity index (χ3n) is 4.37. The van der Waals surface area contributed by atoms with Crippen LogP contribution in [0.2, 0.25) is 0 Å². The van der Waals surface area contributed by atoms with Crippen molar-refractivity contribution in [2.45, 2.75) is 19.8 Å². The third-order valence-corrected chi connectivity index (χ3v) is 5.47. The summed E-state index contributed by atoms with van der Waals surface area (Å²) in [6, 6.07) is 1.62. The zero-order valence-corrected chi connectivity index (χ0v) is 16.7. The Bertz CT molecular complexity index is 1100. The molecule has 0 spiro atoms. The summed E-state index contributed by atoms with van der Waals surface area (Å²) in [5.74, 6) is -0.507. The van der Waals surface area contributed by atoms with Gasteiger partial charge in [-0.05, 0) is 12.5 Å². The van der Waals surface area contributed by atoms with Gasteiger partial charge in [0, 0.05) is 36.3 Å². The first-order valence-corrected chi connectivity index (χ1v) is 9.86. The van der Waals surface area contributed by atoms with Crippen LogP contribution in [0.25, 0.3) is 4.91 Å². The van der Waals surface area contributed by atoms with E-state index < -0.39 is 5.91 Å². The van der Waals surface area contributed by atoms with Gasteiger partial charge in [-0.2, -0.15) is 5.10 Å². The number of rotatable bonds is 4. The second-order valence-electron chi connectivity index (χ2n) is 6.61. The molecule has 0 aromatic carbocycles. The fourth-order valence-electron chi connectivity index (χ4n) is 3.03. The van der Waals surface area contributed by atoms with Gasteiger partial charge in [0.1, 0.15) is 5.69 Å². The zero-order valence-electron chi connectivity index (χ0n) is 15.9. The predicted molar refractivity (Wildman–Crippen MR) is 112 cm³/mol. The number of hydrogen-bond donors (Lipinski definition) is 4. The van der Waals surface area contributed by atoms with Gasteiger partial charge >= 0.3 is 0 Å². The normalized spacial score (nSPS) is 18.1. The molecule has 2 aromatic rings. The fraction of sp³-hybridized carbons (Fsp3) is 0.211. The number of thioether (sulfide) groups is 1. The first kappa shape index (κ1) is 18.9. The van der Waals surface area contributed by atoms with Crippen LogP contribution in [0.15, 0.2) is 41.5 Å². The number of aromatic nitrogens is 3. The Kier molecular flexibility index (Phi) is 4.93. The summed E-state index contributed by atoms with van der Waals surface area (Å²) in [6.07, 6.45) is 8.05. The Labute approximate surface area is 171 Å². The molecule has 4 N–H and O–H groups in total. The van der Waals surface area contributed by atoms with E-state index in [0.29, 0.717) is 28.5 Å². The van der Waals surface area contributed by atoms with Crippen LogP contribution >= 0.6 is 11.8 Å². The number of pyridine rings is 1. The molecule has 9 nitrogen and oxygen atoms in total. The highest BCUT2D eigenvalue weighted by Crippen LogP contribution is 2.40. The van der Waals surface area contributed by atoms with Gasteiger partial charge in [0.15, 0.2) is 0 Å². The highest BCUT2D eigenvalue weighted by Gasteiger charge is 2.32. The Morgan fingerprint density at radius 1 is 1.38 bits per heavy atom. The molecule has 10 heteroatoms. The van der Waals surface area contributed by atoms with Gasteiger partial charge in [-0.25, -0.2) is 0 Å². The molecule has 2 amide bonds. The molecular formula is C19H19N7O2S. The summed E-state index contributed by atoms with van der Waals surface area (Å²) in [7, 11) is 1.84. The highest BCUT2D eigenvalue weighted by molar-refractivity contribution is 8.12. The molecule has 2 aliphatic rings. The van der Waals surface area contributed by atoms with Crippen molar-refractivity contribution < 1.29 is 9.59 Å². The van der Waals surface area contributed by atoms with Crippen molar-refractivity contribution in [3.63, 3.8) is 0 Å². The van der Waals surface area contributed by atoms with Gasteiger partial charge in [-0.15, -0.1) is 0 Å². The minimum absolute atomic E-state index is 0.0334. The van der Waals surface area contributed by atoms with Crippen molar-refractivity contribution >= 4 is 45.6 Å². The standard InChI is InChI=1S/C19H19N7O2S/c1-3-4-14(27)24-11-5-12-17(21-7-11)16(20)15(18(28)25-12)19-22-8-13(29-19)10-6-23-26(2)9-10/h5-9,20,22H,3-4H2,1-2H3,(H,24,27)(H,25,28)/b19-15-,20-16?. The van der Waals surface area contributed by atoms with Gasteiger partial charge in [-0.3, -0.25) is 24.7 Å². The fourth-order valence-corrected chi connectivity index (χ4v) is 4.00. The van der Waals surface area contributed by atoms with Gasteiger partial charge in [-0.1, -0.05) is 18.7 Å². The Morgan fingerprint density at radius 3 is 2.93 bits per heavy atom. The van der Waals surface area contributed by atoms with E-state index in [9.17, 15) is 9.59 Å². The summed E-state index contributed by atoms with van der Waals surface area (Å²) in [4.78, 5) is 29.7. The van der Waals surface area contributed by atoms with Crippen LogP contribution in [-0.4, -0.2) is 32.3 Å². The molecular weight excluding hydrogens is 390 g/mol. The largest absolute Gasteiger partial charge is 0.354 e. The topological polar surface area (TPSA) is 125 Å². The average molecular weight is 409 g/mol. The molecule has 0 saturated heterocycles. The van der Waals surface area contributed by atoms with Crippen molar-refractivity contribution in [1.29, 1.82) is 5.41 Å². The minimum Gasteiger partial charge on any atom is -0.354 e. The molecule has 0 atom stereocenters. The molecule has 29 heavy (non-hydrogen) atoms. The number of nitrogens with zero attached hydrogens (tertiary/aromatic N) is 3. The molecule has 0 radical (unpaired) electrons. The van der Waals surface area contributed by atoms with Crippen molar-refractivity contribution in [2.24, 2.45) is 7.05 Å². The van der Waals surface area contributed by atoms with E-state index in [2.05, 4.69) is 26.0 Å². The van der Waals surface area contributed by atoms with Crippen LogP contribution in [0.1, 0.15) is 31.0 Å². The molecule has 148 valence electrons. The van der Waals surface area contributed by atoms with Crippen LogP contribution in [-0.2, 0) is 16.6 Å². The Morgan fingerprint density at radius 2 is 2.21 bits per heavy atom. The summed E-state index contributed by atoms with van der Waals surface area (Å²) in [5.41, 5.74) is 2.44. The van der Waals surface area contributed by atoms with Gasteiger partial charge in [0.2, 0.25) is 5.91 Å². The SMILES string of the molecule is CCCC(=O)Nc1cnc2c(c1)NC(=O)/C(=C1/NC=C(c3cnn(C)c3)S1)C2=N. The van der Waals surface area contributed by atoms with E-state index in [0.717, 1.165) is 16.9 Å². The molecule has 2 aliphatic heterocycles. The van der Waals surface area contributed by atoms with E-state index in [1.54, 1.807) is 23.1 Å². The third kappa shape index (κ3) is 3.66. The lowest BCUT2D eigenvalue weighted by molar-refractivity contribution is -0.116. The summed E-state index contributed by atoms with van der Waals surface area (Å²) in [6.45, 7) is 1.92. The van der Waals surface area contributed by atoms with E-state index in [1.807, 2.05) is 20.2 Å². The smallest absolute Gasteiger partial charge is 0.260 e.